The standard InChI is InChI=1S/C19H29N3O4.ClH/c1-25-15-7-6-14(10-16(15)26-2)19(8-4-3-5-9-19)13-22-18(24)12-21-17(23)11-20;/h6-7,10H,3-5,8-9,11-13,20H2,1-2H3,(H,21,23)(H,22,24);1H. The van der Waals surface area contributed by atoms with Crippen LogP contribution in [0.1, 0.15) is 37.7 Å². The topological polar surface area (TPSA) is 103 Å². The molecule has 152 valence electrons. The van der Waals surface area contributed by atoms with Crippen LogP contribution >= 0.6 is 12.4 Å². The monoisotopic (exact) mass is 399 g/mol. The zero-order valence-electron chi connectivity index (χ0n) is 16.0. The smallest absolute Gasteiger partial charge is 0.239 e. The van der Waals surface area contributed by atoms with Crippen LogP contribution in [0.5, 0.6) is 11.5 Å². The summed E-state index contributed by atoms with van der Waals surface area (Å²) < 4.78 is 10.8. The second kappa shape index (κ2) is 11.0. The first-order chi connectivity index (χ1) is 12.5. The van der Waals surface area contributed by atoms with Gasteiger partial charge in [0.05, 0.1) is 27.3 Å². The number of amides is 2. The molecule has 1 saturated carbocycles. The Hall–Kier alpha value is -1.99. The van der Waals surface area contributed by atoms with Gasteiger partial charge < -0.3 is 25.8 Å². The van der Waals surface area contributed by atoms with Crippen molar-refractivity contribution in [1.29, 1.82) is 0 Å². The molecule has 0 bridgehead atoms. The van der Waals surface area contributed by atoms with Crippen LogP contribution in [0.4, 0.5) is 0 Å². The molecular formula is C19H30ClN3O4. The maximum Gasteiger partial charge on any atom is 0.239 e. The van der Waals surface area contributed by atoms with Gasteiger partial charge in [0, 0.05) is 12.0 Å². The summed E-state index contributed by atoms with van der Waals surface area (Å²) in [6.07, 6.45) is 5.44. The number of hydrogen-bond donors (Lipinski definition) is 3. The Balaban J connectivity index is 0.00000364. The first-order valence-corrected chi connectivity index (χ1v) is 9.00. The van der Waals surface area contributed by atoms with Crippen molar-refractivity contribution < 1.29 is 19.1 Å². The third kappa shape index (κ3) is 6.01. The predicted octanol–water partition coefficient (Wildman–Crippen LogP) is 1.52. The lowest BCUT2D eigenvalue weighted by molar-refractivity contribution is -0.125. The molecule has 0 atom stereocenters. The average Bonchev–Trinajstić information content (AvgIpc) is 2.70. The number of carbonyl (C=O) groups is 2. The van der Waals surface area contributed by atoms with Crippen molar-refractivity contribution in [2.75, 3.05) is 33.9 Å². The maximum absolute atomic E-state index is 12.1. The molecule has 0 unspecified atom stereocenters. The Morgan fingerprint density at radius 1 is 1.04 bits per heavy atom. The molecule has 1 fully saturated rings. The number of halogens is 1. The molecule has 0 saturated heterocycles. The molecular weight excluding hydrogens is 370 g/mol. The van der Waals surface area contributed by atoms with E-state index < -0.39 is 0 Å². The normalized spacial score (nSPS) is 15.2. The van der Waals surface area contributed by atoms with Gasteiger partial charge in [-0.25, -0.2) is 0 Å². The summed E-state index contributed by atoms with van der Waals surface area (Å²) in [5.74, 6) is 0.830. The third-order valence-corrected chi connectivity index (χ3v) is 5.06. The summed E-state index contributed by atoms with van der Waals surface area (Å²) in [5, 5.41) is 5.46. The SMILES string of the molecule is COc1ccc(C2(CNC(=O)CNC(=O)CN)CCCCC2)cc1OC.Cl. The van der Waals surface area contributed by atoms with Crippen LogP contribution < -0.4 is 25.8 Å². The molecule has 8 heteroatoms. The summed E-state index contributed by atoms with van der Waals surface area (Å²) in [5.41, 5.74) is 6.24. The lowest BCUT2D eigenvalue weighted by atomic mass is 9.69. The lowest BCUT2D eigenvalue weighted by Gasteiger charge is -2.38. The summed E-state index contributed by atoms with van der Waals surface area (Å²) in [7, 11) is 3.24. The van der Waals surface area contributed by atoms with Crippen molar-refractivity contribution in [1.82, 2.24) is 10.6 Å². The van der Waals surface area contributed by atoms with Crippen LogP contribution in [0.25, 0.3) is 0 Å². The predicted molar refractivity (Wildman–Crippen MR) is 107 cm³/mol. The second-order valence-electron chi connectivity index (χ2n) is 6.67. The molecule has 1 aromatic carbocycles. The first kappa shape index (κ1) is 23.0. The van der Waals surface area contributed by atoms with Crippen LogP contribution in [0.2, 0.25) is 0 Å². The zero-order chi connectivity index (χ0) is 19.0. The van der Waals surface area contributed by atoms with E-state index >= 15 is 0 Å². The molecule has 2 rings (SSSR count). The van der Waals surface area contributed by atoms with E-state index in [2.05, 4.69) is 16.7 Å². The van der Waals surface area contributed by atoms with Gasteiger partial charge in [0.2, 0.25) is 11.8 Å². The van der Waals surface area contributed by atoms with Gasteiger partial charge >= 0.3 is 0 Å². The number of rotatable bonds is 8. The van der Waals surface area contributed by atoms with Gasteiger partial charge in [0.1, 0.15) is 0 Å². The van der Waals surface area contributed by atoms with Gasteiger partial charge in [-0.3, -0.25) is 9.59 Å². The van der Waals surface area contributed by atoms with Gasteiger partial charge in [-0.15, -0.1) is 12.4 Å². The molecule has 4 N–H and O–H groups in total. The highest BCUT2D eigenvalue weighted by Gasteiger charge is 2.35. The Morgan fingerprint density at radius 3 is 2.30 bits per heavy atom. The van der Waals surface area contributed by atoms with Gasteiger partial charge in [-0.05, 0) is 30.5 Å². The number of hydrogen-bond acceptors (Lipinski definition) is 5. The molecule has 0 spiro atoms. The fourth-order valence-electron chi connectivity index (χ4n) is 3.54. The van der Waals surface area contributed by atoms with Gasteiger partial charge in [0.15, 0.2) is 11.5 Å². The summed E-state index contributed by atoms with van der Waals surface area (Å²) in [6, 6.07) is 5.97. The fourth-order valence-corrected chi connectivity index (χ4v) is 3.54. The summed E-state index contributed by atoms with van der Waals surface area (Å²) in [6.45, 7) is 0.348. The van der Waals surface area contributed by atoms with Gasteiger partial charge in [-0.2, -0.15) is 0 Å². The molecule has 1 aliphatic carbocycles. The van der Waals surface area contributed by atoms with Crippen molar-refractivity contribution in [3.63, 3.8) is 0 Å². The molecule has 1 aromatic rings. The number of ether oxygens (including phenoxy) is 2. The maximum atomic E-state index is 12.1. The molecule has 1 aliphatic rings. The third-order valence-electron chi connectivity index (χ3n) is 5.06. The van der Waals surface area contributed by atoms with Crippen molar-refractivity contribution in [3.8, 4) is 11.5 Å². The van der Waals surface area contributed by atoms with E-state index in [-0.39, 0.29) is 42.7 Å². The molecule has 0 radical (unpaired) electrons. The van der Waals surface area contributed by atoms with Crippen LogP contribution in [-0.4, -0.2) is 45.7 Å². The highest BCUT2D eigenvalue weighted by atomic mass is 35.5. The first-order valence-electron chi connectivity index (χ1n) is 9.00. The van der Waals surface area contributed by atoms with E-state index in [0.29, 0.717) is 18.0 Å². The number of methoxy groups -OCH3 is 2. The molecule has 0 heterocycles. The van der Waals surface area contributed by atoms with Crippen LogP contribution in [0.15, 0.2) is 18.2 Å². The minimum Gasteiger partial charge on any atom is -0.493 e. The van der Waals surface area contributed by atoms with Crippen molar-refractivity contribution in [2.45, 2.75) is 37.5 Å². The van der Waals surface area contributed by atoms with Crippen LogP contribution in [-0.2, 0) is 15.0 Å². The Labute approximate surface area is 166 Å². The Bertz CT molecular complexity index is 633. The highest BCUT2D eigenvalue weighted by molar-refractivity contribution is 5.85. The van der Waals surface area contributed by atoms with Crippen LogP contribution in [0.3, 0.4) is 0 Å². The largest absolute Gasteiger partial charge is 0.493 e. The van der Waals surface area contributed by atoms with E-state index in [9.17, 15) is 9.59 Å². The van der Waals surface area contributed by atoms with Crippen molar-refractivity contribution in [3.05, 3.63) is 23.8 Å². The Kier molecular flexibility index (Phi) is 9.38. The number of nitrogens with two attached hydrogens (primary N) is 1. The van der Waals surface area contributed by atoms with Gasteiger partial charge in [0.25, 0.3) is 0 Å². The molecule has 0 aromatic heterocycles. The number of benzene rings is 1. The van der Waals surface area contributed by atoms with Gasteiger partial charge in [-0.1, -0.05) is 25.3 Å². The minimum absolute atomic E-state index is 0. The van der Waals surface area contributed by atoms with E-state index in [1.54, 1.807) is 14.2 Å². The molecule has 0 aliphatic heterocycles. The van der Waals surface area contributed by atoms with Crippen LogP contribution in [0, 0.1) is 0 Å². The van der Waals surface area contributed by atoms with E-state index in [1.165, 1.54) is 6.42 Å². The number of carbonyl (C=O) groups excluding carboxylic acids is 2. The molecule has 2 amide bonds. The van der Waals surface area contributed by atoms with Crippen molar-refractivity contribution >= 4 is 24.2 Å². The van der Waals surface area contributed by atoms with E-state index in [0.717, 1.165) is 31.2 Å². The second-order valence-corrected chi connectivity index (χ2v) is 6.67. The van der Waals surface area contributed by atoms with E-state index in [4.69, 9.17) is 15.2 Å². The van der Waals surface area contributed by atoms with E-state index in [1.807, 2.05) is 12.1 Å². The number of nitrogens with one attached hydrogen (secondary N) is 2. The lowest BCUT2D eigenvalue weighted by Crippen LogP contribution is -2.46. The Morgan fingerprint density at radius 2 is 1.70 bits per heavy atom. The van der Waals surface area contributed by atoms with Crippen molar-refractivity contribution in [2.24, 2.45) is 5.73 Å². The summed E-state index contributed by atoms with van der Waals surface area (Å²) in [4.78, 5) is 23.3. The minimum atomic E-state index is -0.340. The quantitative estimate of drug-likeness (QED) is 0.615. The summed E-state index contributed by atoms with van der Waals surface area (Å²) >= 11 is 0. The molecule has 27 heavy (non-hydrogen) atoms. The average molecular weight is 400 g/mol. The zero-order valence-corrected chi connectivity index (χ0v) is 16.8. The highest BCUT2D eigenvalue weighted by Crippen LogP contribution is 2.42. The fraction of sp³-hybridized carbons (Fsp3) is 0.579. The molecule has 7 nitrogen and oxygen atoms in total.